The van der Waals surface area contributed by atoms with Crippen molar-refractivity contribution in [3.63, 3.8) is 0 Å². The number of thioether (sulfide) groups is 1. The molecule has 1 fully saturated rings. The molecular formula is C14H19N3O3S. The number of anilines is 1. The van der Waals surface area contributed by atoms with Gasteiger partial charge < -0.3 is 21.1 Å². The summed E-state index contributed by atoms with van der Waals surface area (Å²) in [6.45, 7) is 0.974. The van der Waals surface area contributed by atoms with Crippen molar-refractivity contribution in [2.24, 2.45) is 0 Å². The van der Waals surface area contributed by atoms with Crippen molar-refractivity contribution in [2.45, 2.75) is 6.04 Å². The fraction of sp³-hybridized carbons (Fsp3) is 0.429. The molecule has 1 aromatic carbocycles. The van der Waals surface area contributed by atoms with Crippen LogP contribution in [-0.2, 0) is 4.79 Å². The molecule has 7 heteroatoms. The van der Waals surface area contributed by atoms with Crippen molar-refractivity contribution >= 4 is 29.3 Å². The number of aliphatic hydroxyl groups is 1. The third kappa shape index (κ3) is 4.73. The van der Waals surface area contributed by atoms with Gasteiger partial charge in [-0.05, 0) is 24.3 Å². The monoisotopic (exact) mass is 309 g/mol. The second kappa shape index (κ2) is 8.02. The van der Waals surface area contributed by atoms with Crippen molar-refractivity contribution in [3.05, 3.63) is 29.8 Å². The fourth-order valence-corrected chi connectivity index (χ4v) is 2.87. The average Bonchev–Trinajstić information content (AvgIpc) is 2.54. The van der Waals surface area contributed by atoms with Gasteiger partial charge in [0.2, 0.25) is 5.91 Å². The molecule has 1 atom stereocenters. The smallest absolute Gasteiger partial charge is 0.251 e. The summed E-state index contributed by atoms with van der Waals surface area (Å²) in [5, 5.41) is 17.2. The van der Waals surface area contributed by atoms with Crippen LogP contribution >= 0.6 is 11.8 Å². The van der Waals surface area contributed by atoms with Gasteiger partial charge in [0.1, 0.15) is 0 Å². The number of hydrogen-bond acceptors (Lipinski definition) is 5. The van der Waals surface area contributed by atoms with Crippen LogP contribution in [-0.4, -0.2) is 54.2 Å². The lowest BCUT2D eigenvalue weighted by Gasteiger charge is -2.22. The van der Waals surface area contributed by atoms with Crippen LogP contribution in [0, 0.1) is 0 Å². The Morgan fingerprint density at radius 2 is 2.10 bits per heavy atom. The third-order valence-electron chi connectivity index (χ3n) is 3.05. The second-order valence-corrected chi connectivity index (χ2v) is 5.78. The molecule has 1 unspecified atom stereocenters. The Balaban J connectivity index is 1.89. The molecule has 21 heavy (non-hydrogen) atoms. The van der Waals surface area contributed by atoms with E-state index in [9.17, 15) is 9.59 Å². The molecule has 2 amide bonds. The summed E-state index contributed by atoms with van der Waals surface area (Å²) in [4.78, 5) is 23.7. The van der Waals surface area contributed by atoms with Crippen LogP contribution in [0.25, 0.3) is 0 Å². The molecule has 1 aliphatic heterocycles. The van der Waals surface area contributed by atoms with E-state index in [1.165, 1.54) is 0 Å². The number of nitrogens with one attached hydrogen (secondary N) is 3. The summed E-state index contributed by atoms with van der Waals surface area (Å²) in [7, 11) is 0. The summed E-state index contributed by atoms with van der Waals surface area (Å²) < 4.78 is 0. The Morgan fingerprint density at radius 1 is 1.33 bits per heavy atom. The van der Waals surface area contributed by atoms with Gasteiger partial charge in [-0.1, -0.05) is 0 Å². The fourth-order valence-electron chi connectivity index (χ4n) is 1.94. The zero-order chi connectivity index (χ0) is 15.1. The molecule has 1 saturated heterocycles. The van der Waals surface area contributed by atoms with Crippen LogP contribution in [0.5, 0.6) is 0 Å². The van der Waals surface area contributed by atoms with Crippen LogP contribution in [0.15, 0.2) is 24.3 Å². The number of carbonyl (C=O) groups is 2. The summed E-state index contributed by atoms with van der Waals surface area (Å²) in [5.41, 5.74) is 1.16. The summed E-state index contributed by atoms with van der Waals surface area (Å²) in [5.74, 6) is 1.50. The summed E-state index contributed by atoms with van der Waals surface area (Å²) in [6.07, 6.45) is 0. The van der Waals surface area contributed by atoms with Gasteiger partial charge in [-0.2, -0.15) is 11.8 Å². The van der Waals surface area contributed by atoms with Gasteiger partial charge in [-0.3, -0.25) is 9.59 Å². The highest BCUT2D eigenvalue weighted by atomic mass is 32.2. The number of hydrogen-bond donors (Lipinski definition) is 4. The summed E-state index contributed by atoms with van der Waals surface area (Å²) >= 11 is 1.76. The largest absolute Gasteiger partial charge is 0.395 e. The normalized spacial score (nSPS) is 18.0. The number of rotatable bonds is 5. The van der Waals surface area contributed by atoms with E-state index in [2.05, 4.69) is 16.0 Å². The lowest BCUT2D eigenvalue weighted by molar-refractivity contribution is -0.117. The first-order chi connectivity index (χ1) is 10.2. The first-order valence-electron chi connectivity index (χ1n) is 6.82. The predicted molar refractivity (Wildman–Crippen MR) is 83.6 cm³/mol. The Kier molecular flexibility index (Phi) is 6.04. The predicted octanol–water partition coefficient (Wildman–Crippen LogP) is 0.0522. The highest BCUT2D eigenvalue weighted by molar-refractivity contribution is 7.99. The molecule has 2 rings (SSSR count). The highest BCUT2D eigenvalue weighted by Gasteiger charge is 2.20. The zero-order valence-corrected chi connectivity index (χ0v) is 12.4. The van der Waals surface area contributed by atoms with Gasteiger partial charge in [0.15, 0.2) is 0 Å². The van der Waals surface area contributed by atoms with Crippen molar-refractivity contribution in [1.29, 1.82) is 0 Å². The van der Waals surface area contributed by atoms with Gasteiger partial charge in [0.05, 0.1) is 12.6 Å². The van der Waals surface area contributed by atoms with Crippen molar-refractivity contribution in [2.75, 3.05) is 36.5 Å². The Morgan fingerprint density at radius 3 is 2.71 bits per heavy atom. The van der Waals surface area contributed by atoms with Crippen LogP contribution < -0.4 is 16.0 Å². The molecule has 0 spiro atoms. The molecule has 1 heterocycles. The molecule has 0 bridgehead atoms. The zero-order valence-electron chi connectivity index (χ0n) is 11.6. The quantitative estimate of drug-likeness (QED) is 0.617. The Bertz CT molecular complexity index is 487. The minimum absolute atomic E-state index is 0.0558. The first-order valence-corrected chi connectivity index (χ1v) is 7.97. The lowest BCUT2D eigenvalue weighted by Crippen LogP contribution is -2.46. The maximum atomic E-state index is 12.0. The van der Waals surface area contributed by atoms with E-state index in [-0.39, 0.29) is 31.0 Å². The molecule has 4 N–H and O–H groups in total. The molecule has 1 aromatic rings. The Labute approximate surface area is 127 Å². The van der Waals surface area contributed by atoms with Gasteiger partial charge in [-0.15, -0.1) is 0 Å². The van der Waals surface area contributed by atoms with E-state index in [4.69, 9.17) is 5.11 Å². The van der Waals surface area contributed by atoms with Gasteiger partial charge in [0.25, 0.3) is 5.91 Å². The molecule has 0 aliphatic carbocycles. The number of carbonyl (C=O) groups excluding carboxylic acids is 2. The maximum absolute atomic E-state index is 12.0. The lowest BCUT2D eigenvalue weighted by atomic mass is 10.2. The molecule has 1 aliphatic rings. The van der Waals surface area contributed by atoms with Crippen molar-refractivity contribution in [3.8, 4) is 0 Å². The molecule has 0 saturated carbocycles. The minimum atomic E-state index is -0.243. The van der Waals surface area contributed by atoms with Crippen molar-refractivity contribution in [1.82, 2.24) is 10.6 Å². The SMILES string of the molecule is O=C(NCCO)c1ccc(NC(=O)C2CSCCN2)cc1. The second-order valence-electron chi connectivity index (χ2n) is 4.63. The van der Waals surface area contributed by atoms with E-state index in [0.29, 0.717) is 11.3 Å². The Hall–Kier alpha value is -1.57. The molecule has 0 radical (unpaired) electrons. The van der Waals surface area contributed by atoms with E-state index < -0.39 is 0 Å². The van der Waals surface area contributed by atoms with Crippen LogP contribution in [0.2, 0.25) is 0 Å². The van der Waals surface area contributed by atoms with E-state index in [1.807, 2.05) is 0 Å². The van der Waals surface area contributed by atoms with Gasteiger partial charge in [0, 0.05) is 35.8 Å². The number of aliphatic hydroxyl groups excluding tert-OH is 1. The topological polar surface area (TPSA) is 90.5 Å². The number of amides is 2. The third-order valence-corrected chi connectivity index (χ3v) is 4.11. The summed E-state index contributed by atoms with van der Waals surface area (Å²) in [6, 6.07) is 6.51. The molecule has 114 valence electrons. The molecular weight excluding hydrogens is 290 g/mol. The molecule has 0 aromatic heterocycles. The average molecular weight is 309 g/mol. The van der Waals surface area contributed by atoms with Crippen LogP contribution in [0.1, 0.15) is 10.4 Å². The van der Waals surface area contributed by atoms with E-state index in [1.54, 1.807) is 36.0 Å². The number of benzene rings is 1. The standard InChI is InChI=1S/C14H19N3O3S/c18-7-5-16-13(19)10-1-3-11(4-2-10)17-14(20)12-9-21-8-6-15-12/h1-4,12,15,18H,5-9H2,(H,16,19)(H,17,20). The minimum Gasteiger partial charge on any atom is -0.395 e. The van der Waals surface area contributed by atoms with E-state index >= 15 is 0 Å². The van der Waals surface area contributed by atoms with E-state index in [0.717, 1.165) is 18.1 Å². The van der Waals surface area contributed by atoms with Crippen LogP contribution in [0.4, 0.5) is 5.69 Å². The van der Waals surface area contributed by atoms with Crippen LogP contribution in [0.3, 0.4) is 0 Å². The van der Waals surface area contributed by atoms with Gasteiger partial charge >= 0.3 is 0 Å². The van der Waals surface area contributed by atoms with Gasteiger partial charge in [-0.25, -0.2) is 0 Å². The van der Waals surface area contributed by atoms with Crippen molar-refractivity contribution < 1.29 is 14.7 Å². The maximum Gasteiger partial charge on any atom is 0.251 e. The molecule has 6 nitrogen and oxygen atoms in total. The highest BCUT2D eigenvalue weighted by Crippen LogP contribution is 2.13. The first kappa shape index (κ1) is 15.8.